The van der Waals surface area contributed by atoms with Gasteiger partial charge in [-0.15, -0.1) is 0 Å². The lowest BCUT2D eigenvalue weighted by Crippen LogP contribution is -2.36. The Morgan fingerprint density at radius 3 is 2.65 bits per heavy atom. The second kappa shape index (κ2) is 11.6. The average molecular weight is 583 g/mol. The van der Waals surface area contributed by atoms with Crippen LogP contribution in [0.4, 0.5) is 10.5 Å². The number of likely N-dealkylation sites (tertiary alicyclic amines) is 1. The Balaban J connectivity index is 1.40. The molecule has 1 unspecified atom stereocenters. The Morgan fingerprint density at radius 2 is 1.95 bits per heavy atom. The van der Waals surface area contributed by atoms with Crippen LogP contribution >= 0.6 is 0 Å². The van der Waals surface area contributed by atoms with Crippen LogP contribution in [0.1, 0.15) is 43.1 Å². The Hall–Kier alpha value is -5.11. The molecule has 11 heteroatoms. The summed E-state index contributed by atoms with van der Waals surface area (Å²) < 4.78 is 17.3. The van der Waals surface area contributed by atoms with Gasteiger partial charge in [0.1, 0.15) is 28.6 Å². The molecular weight excluding hydrogens is 548 g/mol. The van der Waals surface area contributed by atoms with Crippen molar-refractivity contribution in [1.82, 2.24) is 19.8 Å². The van der Waals surface area contributed by atoms with Crippen LogP contribution in [-0.2, 0) is 4.74 Å². The Kier molecular flexibility index (Phi) is 7.96. The molecule has 1 aliphatic heterocycles. The largest absolute Gasteiger partial charge is 0.494 e. The van der Waals surface area contributed by atoms with Crippen molar-refractivity contribution in [2.24, 2.45) is 0 Å². The van der Waals surface area contributed by atoms with Crippen LogP contribution in [0.25, 0.3) is 33.7 Å². The first-order valence-electron chi connectivity index (χ1n) is 13.9. The molecule has 2 amide bonds. The minimum absolute atomic E-state index is 0.00683. The van der Waals surface area contributed by atoms with E-state index in [1.54, 1.807) is 43.4 Å². The van der Waals surface area contributed by atoms with Crippen molar-refractivity contribution < 1.29 is 23.5 Å². The summed E-state index contributed by atoms with van der Waals surface area (Å²) in [7, 11) is 4.85. The molecule has 3 aromatic heterocycles. The van der Waals surface area contributed by atoms with Crippen LogP contribution in [0.3, 0.4) is 0 Å². The van der Waals surface area contributed by atoms with Crippen molar-refractivity contribution in [2.75, 3.05) is 39.6 Å². The summed E-state index contributed by atoms with van der Waals surface area (Å²) in [6.07, 6.45) is 3.58. The minimum Gasteiger partial charge on any atom is -0.494 e. The molecule has 11 nitrogen and oxygen atoms in total. The van der Waals surface area contributed by atoms with Crippen molar-refractivity contribution in [2.45, 2.75) is 38.8 Å². The predicted octanol–water partition coefficient (Wildman–Crippen LogP) is 5.56. The zero-order valence-electron chi connectivity index (χ0n) is 25.1. The third-order valence-corrected chi connectivity index (χ3v) is 7.02. The van der Waals surface area contributed by atoms with E-state index in [0.717, 1.165) is 17.5 Å². The number of methoxy groups -OCH3 is 1. The highest BCUT2D eigenvalue weighted by molar-refractivity contribution is 5.95. The monoisotopic (exact) mass is 582 g/mol. The maximum atomic E-state index is 12.5. The van der Waals surface area contributed by atoms with E-state index in [4.69, 9.17) is 13.9 Å². The third kappa shape index (κ3) is 6.23. The van der Waals surface area contributed by atoms with E-state index >= 15 is 0 Å². The number of amides is 2. The first kappa shape index (κ1) is 29.4. The molecule has 4 heterocycles. The molecule has 222 valence electrons. The molecule has 1 N–H and O–H groups in total. The zero-order valence-corrected chi connectivity index (χ0v) is 25.1. The maximum Gasteiger partial charge on any atom is 0.410 e. The highest BCUT2D eigenvalue weighted by atomic mass is 16.6. The topological polar surface area (TPSA) is 134 Å². The predicted molar refractivity (Wildman–Crippen MR) is 162 cm³/mol. The number of nitriles is 1. The van der Waals surface area contributed by atoms with Gasteiger partial charge in [-0.1, -0.05) is 6.07 Å². The van der Waals surface area contributed by atoms with Gasteiger partial charge in [0.15, 0.2) is 11.3 Å². The number of carbonyl (C=O) groups is 2. The Bertz CT molecular complexity index is 1730. The van der Waals surface area contributed by atoms with E-state index in [1.165, 1.54) is 18.2 Å². The number of rotatable bonds is 6. The number of benzene rings is 1. The Morgan fingerprint density at radius 1 is 1.16 bits per heavy atom. The molecular formula is C32H34N6O5. The Labute approximate surface area is 250 Å². The second-order valence-electron chi connectivity index (χ2n) is 11.6. The molecule has 5 rings (SSSR count). The zero-order chi connectivity index (χ0) is 30.9. The number of nitrogens with zero attached hydrogens (tertiary/aromatic N) is 5. The number of furan rings is 1. The SMILES string of the molecule is COc1cc(C(=O)N(C)C)cnc1-c1cc2nccc(-c3ccc(NC4CCN(C(=O)OC(C)(C)C)C4)c(C#N)c3)c2o1. The number of hydrogen-bond acceptors (Lipinski definition) is 9. The number of aromatic nitrogens is 2. The third-order valence-electron chi connectivity index (χ3n) is 7.02. The number of hydrogen-bond donors (Lipinski definition) is 1. The van der Waals surface area contributed by atoms with Gasteiger partial charge in [0, 0.05) is 57.3 Å². The maximum absolute atomic E-state index is 12.5. The molecule has 0 radical (unpaired) electrons. The van der Waals surface area contributed by atoms with Crippen molar-refractivity contribution in [3.63, 3.8) is 0 Å². The number of ether oxygens (including phenoxy) is 2. The van der Waals surface area contributed by atoms with Gasteiger partial charge in [-0.3, -0.25) is 9.78 Å². The molecule has 0 spiro atoms. The smallest absolute Gasteiger partial charge is 0.410 e. The summed E-state index contributed by atoms with van der Waals surface area (Å²) in [6, 6.07) is 13.1. The summed E-state index contributed by atoms with van der Waals surface area (Å²) in [4.78, 5) is 37.0. The molecule has 0 bridgehead atoms. The van der Waals surface area contributed by atoms with E-state index in [0.29, 0.717) is 58.2 Å². The fourth-order valence-corrected chi connectivity index (χ4v) is 4.96. The van der Waals surface area contributed by atoms with Crippen molar-refractivity contribution in [3.8, 4) is 34.4 Å². The van der Waals surface area contributed by atoms with Gasteiger partial charge < -0.3 is 29.0 Å². The van der Waals surface area contributed by atoms with Gasteiger partial charge in [0.05, 0.1) is 23.9 Å². The van der Waals surface area contributed by atoms with Crippen LogP contribution in [-0.4, -0.2) is 77.7 Å². The van der Waals surface area contributed by atoms with E-state index in [9.17, 15) is 14.9 Å². The lowest BCUT2D eigenvalue weighted by molar-refractivity contribution is 0.0293. The number of pyridine rings is 2. The highest BCUT2D eigenvalue weighted by Gasteiger charge is 2.30. The van der Waals surface area contributed by atoms with Gasteiger partial charge in [-0.05, 0) is 57.0 Å². The first-order valence-corrected chi connectivity index (χ1v) is 13.9. The average Bonchev–Trinajstić information content (AvgIpc) is 3.63. The van der Waals surface area contributed by atoms with E-state index < -0.39 is 5.60 Å². The molecule has 0 saturated carbocycles. The molecule has 43 heavy (non-hydrogen) atoms. The van der Waals surface area contributed by atoms with Crippen molar-refractivity contribution in [1.29, 1.82) is 5.26 Å². The number of carbonyl (C=O) groups excluding carboxylic acids is 2. The number of fused-ring (bicyclic) bond motifs is 1. The fourth-order valence-electron chi connectivity index (χ4n) is 4.96. The minimum atomic E-state index is -0.556. The van der Waals surface area contributed by atoms with Gasteiger partial charge in [0.2, 0.25) is 0 Å². The quantitative estimate of drug-likeness (QED) is 0.310. The summed E-state index contributed by atoms with van der Waals surface area (Å²) in [6.45, 7) is 6.61. The number of anilines is 1. The van der Waals surface area contributed by atoms with Crippen LogP contribution in [0.5, 0.6) is 5.75 Å². The van der Waals surface area contributed by atoms with Gasteiger partial charge >= 0.3 is 6.09 Å². The van der Waals surface area contributed by atoms with E-state index in [1.807, 2.05) is 39.0 Å². The molecule has 1 atom stereocenters. The van der Waals surface area contributed by atoms with E-state index in [-0.39, 0.29) is 18.0 Å². The standard InChI is InChI=1S/C32H34N6O5/c1-32(2,3)43-31(40)38-12-10-22(18-38)36-24-8-7-19(13-20(24)16-33)23-9-11-34-25-15-27(42-29(23)25)28-26(41-6)14-21(17-35-28)30(39)37(4)5/h7-9,11,13-15,17,22,36H,10,12,18H2,1-6H3. The summed E-state index contributed by atoms with van der Waals surface area (Å²) in [5.74, 6) is 0.642. The van der Waals surface area contributed by atoms with Gasteiger partial charge in [-0.2, -0.15) is 5.26 Å². The van der Waals surface area contributed by atoms with Crippen molar-refractivity contribution >= 4 is 28.8 Å². The molecule has 1 fully saturated rings. The van der Waals surface area contributed by atoms with Crippen LogP contribution in [0.2, 0.25) is 0 Å². The first-order chi connectivity index (χ1) is 20.5. The normalized spacial score (nSPS) is 14.8. The van der Waals surface area contributed by atoms with Gasteiger partial charge in [-0.25, -0.2) is 9.78 Å². The highest BCUT2D eigenvalue weighted by Crippen LogP contribution is 2.37. The van der Waals surface area contributed by atoms with Gasteiger partial charge in [0.25, 0.3) is 5.91 Å². The number of nitrogens with one attached hydrogen (secondary N) is 1. The summed E-state index contributed by atoms with van der Waals surface area (Å²) >= 11 is 0. The van der Waals surface area contributed by atoms with Crippen LogP contribution in [0.15, 0.2) is 53.2 Å². The molecule has 4 aromatic rings. The van der Waals surface area contributed by atoms with Crippen LogP contribution < -0.4 is 10.1 Å². The fraction of sp³-hybridized carbons (Fsp3) is 0.344. The summed E-state index contributed by atoms with van der Waals surface area (Å²) in [5, 5.41) is 13.4. The molecule has 1 aliphatic rings. The summed E-state index contributed by atoms with van der Waals surface area (Å²) in [5.41, 5.74) is 4.12. The van der Waals surface area contributed by atoms with Crippen LogP contribution in [0, 0.1) is 11.3 Å². The molecule has 1 saturated heterocycles. The second-order valence-corrected chi connectivity index (χ2v) is 11.6. The van der Waals surface area contributed by atoms with Crippen molar-refractivity contribution in [3.05, 3.63) is 59.9 Å². The molecule has 1 aromatic carbocycles. The molecule has 0 aliphatic carbocycles. The lowest BCUT2D eigenvalue weighted by atomic mass is 10.0. The van der Waals surface area contributed by atoms with E-state index in [2.05, 4.69) is 21.4 Å². The lowest BCUT2D eigenvalue weighted by Gasteiger charge is -2.24.